The van der Waals surface area contributed by atoms with Gasteiger partial charge >= 0.3 is 0 Å². The number of carbonyl (C=O) groups excluding carboxylic acids is 1. The fraction of sp³-hybridized carbons (Fsp3) is 0.533. The molecule has 22 heavy (non-hydrogen) atoms. The molecule has 7 heteroatoms. The number of hydrogen-bond donors (Lipinski definition) is 1. The molecular weight excluding hydrogens is 302 g/mol. The summed E-state index contributed by atoms with van der Waals surface area (Å²) in [5.74, 6) is -0.223. The van der Waals surface area contributed by atoms with Crippen LogP contribution in [0.2, 0.25) is 0 Å². The molecule has 0 radical (unpaired) electrons. The van der Waals surface area contributed by atoms with Gasteiger partial charge in [0.25, 0.3) is 0 Å². The monoisotopic (exact) mass is 325 g/mol. The van der Waals surface area contributed by atoms with Gasteiger partial charge in [-0.15, -0.1) is 0 Å². The van der Waals surface area contributed by atoms with Gasteiger partial charge in [-0.1, -0.05) is 12.1 Å². The molecular formula is C15H23N3O3S. The Labute approximate surface area is 132 Å². The quantitative estimate of drug-likeness (QED) is 0.869. The Kier molecular flexibility index (Phi) is 5.08. The SMILES string of the molecule is CN(C)c1ccc(CNC(=O)[C@@H]2CCCN2S(C)(=O)=O)cc1. The average molecular weight is 325 g/mol. The topological polar surface area (TPSA) is 69.7 Å². The largest absolute Gasteiger partial charge is 0.378 e. The van der Waals surface area contributed by atoms with Crippen molar-refractivity contribution >= 4 is 21.6 Å². The van der Waals surface area contributed by atoms with Crippen molar-refractivity contribution in [2.75, 3.05) is 31.8 Å². The lowest BCUT2D eigenvalue weighted by molar-refractivity contribution is -0.124. The van der Waals surface area contributed by atoms with Crippen LogP contribution in [0.1, 0.15) is 18.4 Å². The number of benzene rings is 1. The lowest BCUT2D eigenvalue weighted by atomic mass is 10.2. The number of amides is 1. The van der Waals surface area contributed by atoms with Gasteiger partial charge in [-0.05, 0) is 30.5 Å². The van der Waals surface area contributed by atoms with Crippen LogP contribution in [-0.2, 0) is 21.4 Å². The molecule has 1 aromatic rings. The van der Waals surface area contributed by atoms with Crippen LogP contribution < -0.4 is 10.2 Å². The summed E-state index contributed by atoms with van der Waals surface area (Å²) in [5, 5.41) is 2.83. The number of nitrogens with zero attached hydrogens (tertiary/aromatic N) is 2. The van der Waals surface area contributed by atoms with Gasteiger partial charge in [0.15, 0.2) is 0 Å². The molecule has 1 aliphatic heterocycles. The van der Waals surface area contributed by atoms with Crippen molar-refractivity contribution in [3.05, 3.63) is 29.8 Å². The Hall–Kier alpha value is -1.60. The van der Waals surface area contributed by atoms with E-state index in [0.717, 1.165) is 23.9 Å². The van der Waals surface area contributed by atoms with Crippen molar-refractivity contribution < 1.29 is 13.2 Å². The third-order valence-corrected chi connectivity index (χ3v) is 5.14. The van der Waals surface area contributed by atoms with Crippen LogP contribution in [0, 0.1) is 0 Å². The minimum Gasteiger partial charge on any atom is -0.378 e. The number of carbonyl (C=O) groups is 1. The minimum absolute atomic E-state index is 0.223. The predicted molar refractivity (Wildman–Crippen MR) is 87.2 cm³/mol. The number of anilines is 1. The molecule has 2 rings (SSSR count). The molecule has 0 spiro atoms. The van der Waals surface area contributed by atoms with E-state index in [1.807, 2.05) is 43.3 Å². The molecule has 0 aromatic heterocycles. The number of nitrogens with one attached hydrogen (secondary N) is 1. The predicted octanol–water partition coefficient (Wildman–Crippen LogP) is 0.793. The molecule has 1 aliphatic rings. The van der Waals surface area contributed by atoms with Crippen molar-refractivity contribution in [1.29, 1.82) is 0 Å². The zero-order valence-electron chi connectivity index (χ0n) is 13.2. The van der Waals surface area contributed by atoms with Crippen LogP contribution in [0.3, 0.4) is 0 Å². The van der Waals surface area contributed by atoms with Crippen LogP contribution in [0.25, 0.3) is 0 Å². The standard InChI is InChI=1S/C15H23N3O3S/c1-17(2)13-8-6-12(7-9-13)11-16-15(19)14-5-4-10-18(14)22(3,20)21/h6-9,14H,4-5,10-11H2,1-3H3,(H,16,19)/t14-/m0/s1. The Morgan fingerprint density at radius 3 is 2.50 bits per heavy atom. The van der Waals surface area contributed by atoms with Gasteiger partial charge in [0.05, 0.1) is 6.26 Å². The first kappa shape index (κ1) is 16.8. The second-order valence-electron chi connectivity index (χ2n) is 5.81. The number of sulfonamides is 1. The molecule has 1 fully saturated rings. The van der Waals surface area contributed by atoms with Crippen LogP contribution in [-0.4, -0.2) is 51.6 Å². The maximum absolute atomic E-state index is 12.2. The lowest BCUT2D eigenvalue weighted by Gasteiger charge is -2.21. The normalized spacial score (nSPS) is 19.1. The van der Waals surface area contributed by atoms with Crippen molar-refractivity contribution in [1.82, 2.24) is 9.62 Å². The van der Waals surface area contributed by atoms with E-state index in [0.29, 0.717) is 19.5 Å². The van der Waals surface area contributed by atoms with Gasteiger partial charge in [0.1, 0.15) is 6.04 Å². The van der Waals surface area contributed by atoms with E-state index in [1.54, 1.807) is 0 Å². The van der Waals surface area contributed by atoms with Crippen molar-refractivity contribution in [3.8, 4) is 0 Å². The molecule has 122 valence electrons. The summed E-state index contributed by atoms with van der Waals surface area (Å²) in [6.45, 7) is 0.828. The summed E-state index contributed by atoms with van der Waals surface area (Å²) in [6.07, 6.45) is 2.46. The molecule has 6 nitrogen and oxygen atoms in total. The second-order valence-corrected chi connectivity index (χ2v) is 7.75. The molecule has 0 unspecified atom stereocenters. The van der Waals surface area contributed by atoms with Crippen LogP contribution in [0.5, 0.6) is 0 Å². The average Bonchev–Trinajstić information content (AvgIpc) is 2.94. The first-order chi connectivity index (χ1) is 10.3. The van der Waals surface area contributed by atoms with E-state index in [9.17, 15) is 13.2 Å². The fourth-order valence-corrected chi connectivity index (χ4v) is 3.74. The Morgan fingerprint density at radius 1 is 1.32 bits per heavy atom. The first-order valence-electron chi connectivity index (χ1n) is 7.30. The highest BCUT2D eigenvalue weighted by atomic mass is 32.2. The van der Waals surface area contributed by atoms with Gasteiger partial charge in [0, 0.05) is 32.9 Å². The van der Waals surface area contributed by atoms with Gasteiger partial charge in [-0.3, -0.25) is 4.79 Å². The Morgan fingerprint density at radius 2 is 1.95 bits per heavy atom. The van der Waals surface area contributed by atoms with E-state index in [4.69, 9.17) is 0 Å². The van der Waals surface area contributed by atoms with Crippen molar-refractivity contribution in [2.45, 2.75) is 25.4 Å². The molecule has 0 aliphatic carbocycles. The maximum atomic E-state index is 12.2. The van der Waals surface area contributed by atoms with Gasteiger partial charge < -0.3 is 10.2 Å². The Bertz CT molecular complexity index is 626. The molecule has 1 amide bonds. The summed E-state index contributed by atoms with van der Waals surface area (Å²) in [5.41, 5.74) is 2.08. The summed E-state index contributed by atoms with van der Waals surface area (Å²) in [6, 6.07) is 7.31. The smallest absolute Gasteiger partial charge is 0.238 e. The first-order valence-corrected chi connectivity index (χ1v) is 9.14. The van der Waals surface area contributed by atoms with Crippen LogP contribution >= 0.6 is 0 Å². The van der Waals surface area contributed by atoms with Crippen LogP contribution in [0.15, 0.2) is 24.3 Å². The Balaban J connectivity index is 1.95. The van der Waals surface area contributed by atoms with Crippen LogP contribution in [0.4, 0.5) is 5.69 Å². The number of hydrogen-bond acceptors (Lipinski definition) is 4. The third-order valence-electron chi connectivity index (χ3n) is 3.85. The van der Waals surface area contributed by atoms with Gasteiger partial charge in [-0.25, -0.2) is 8.42 Å². The fourth-order valence-electron chi connectivity index (χ4n) is 2.62. The molecule has 1 aromatic carbocycles. The van der Waals surface area contributed by atoms with E-state index >= 15 is 0 Å². The third kappa shape index (κ3) is 3.98. The van der Waals surface area contributed by atoms with E-state index in [2.05, 4.69) is 5.32 Å². The molecule has 1 heterocycles. The lowest BCUT2D eigenvalue weighted by Crippen LogP contribution is -2.45. The summed E-state index contributed by atoms with van der Waals surface area (Å²) >= 11 is 0. The summed E-state index contributed by atoms with van der Waals surface area (Å²) in [7, 11) is 0.610. The number of rotatable bonds is 5. The second kappa shape index (κ2) is 6.66. The van der Waals surface area contributed by atoms with E-state index < -0.39 is 16.1 Å². The molecule has 0 bridgehead atoms. The van der Waals surface area contributed by atoms with E-state index in [1.165, 1.54) is 4.31 Å². The molecule has 1 atom stereocenters. The highest BCUT2D eigenvalue weighted by molar-refractivity contribution is 7.88. The minimum atomic E-state index is -3.33. The molecule has 1 N–H and O–H groups in total. The molecule has 1 saturated heterocycles. The van der Waals surface area contributed by atoms with Gasteiger partial charge in [0.2, 0.25) is 15.9 Å². The van der Waals surface area contributed by atoms with Crippen molar-refractivity contribution in [2.24, 2.45) is 0 Å². The highest BCUT2D eigenvalue weighted by Crippen LogP contribution is 2.20. The zero-order chi connectivity index (χ0) is 16.3. The maximum Gasteiger partial charge on any atom is 0.238 e. The zero-order valence-corrected chi connectivity index (χ0v) is 14.1. The van der Waals surface area contributed by atoms with Gasteiger partial charge in [-0.2, -0.15) is 4.31 Å². The summed E-state index contributed by atoms with van der Waals surface area (Å²) < 4.78 is 24.6. The highest BCUT2D eigenvalue weighted by Gasteiger charge is 2.36. The molecule has 0 saturated carbocycles. The van der Waals surface area contributed by atoms with E-state index in [-0.39, 0.29) is 5.91 Å². The van der Waals surface area contributed by atoms with Crippen molar-refractivity contribution in [3.63, 3.8) is 0 Å². The summed E-state index contributed by atoms with van der Waals surface area (Å²) in [4.78, 5) is 14.2.